The summed E-state index contributed by atoms with van der Waals surface area (Å²) < 4.78 is 6.63. The van der Waals surface area contributed by atoms with Crippen molar-refractivity contribution in [2.75, 3.05) is 6.61 Å². The van der Waals surface area contributed by atoms with E-state index in [4.69, 9.17) is 4.74 Å². The molecular formula is C17H17N3O5S. The number of esters is 1. The largest absolute Gasteiger partial charge is 0.462 e. The Morgan fingerprint density at radius 2 is 2.00 bits per heavy atom. The van der Waals surface area contributed by atoms with Crippen molar-refractivity contribution < 1.29 is 19.2 Å². The number of benzene rings is 1. The van der Waals surface area contributed by atoms with Crippen molar-refractivity contribution in [3.8, 4) is 0 Å². The van der Waals surface area contributed by atoms with Crippen molar-refractivity contribution >= 4 is 35.0 Å². The number of carbonyl (C=O) groups is 2. The number of nitrogens with zero attached hydrogens (tertiary/aromatic N) is 3. The van der Waals surface area contributed by atoms with Gasteiger partial charge >= 0.3 is 5.97 Å². The number of non-ortho nitro benzene ring substituents is 1. The van der Waals surface area contributed by atoms with Gasteiger partial charge in [-0.15, -0.1) is 0 Å². The smallest absolute Gasteiger partial charge is 0.350 e. The maximum atomic E-state index is 12.0. The van der Waals surface area contributed by atoms with Gasteiger partial charge in [0.1, 0.15) is 4.88 Å². The molecule has 0 aliphatic heterocycles. The Morgan fingerprint density at radius 1 is 1.35 bits per heavy atom. The van der Waals surface area contributed by atoms with Crippen molar-refractivity contribution in [3.05, 3.63) is 61.4 Å². The SMILES string of the molecule is CCOC(=O)c1sc(=NC(=O)/C=C/c2ccc([N+](=O)[O-])cc2)n(C)c1C. The summed E-state index contributed by atoms with van der Waals surface area (Å²) in [7, 11) is 1.71. The third kappa shape index (κ3) is 4.51. The summed E-state index contributed by atoms with van der Waals surface area (Å²) in [5.41, 5.74) is 1.28. The van der Waals surface area contributed by atoms with Gasteiger partial charge in [0.05, 0.1) is 11.5 Å². The lowest BCUT2D eigenvalue weighted by atomic mass is 10.2. The van der Waals surface area contributed by atoms with Gasteiger partial charge in [0.15, 0.2) is 4.80 Å². The number of thiazole rings is 1. The van der Waals surface area contributed by atoms with Crippen molar-refractivity contribution in [3.63, 3.8) is 0 Å². The van der Waals surface area contributed by atoms with Crippen LogP contribution in [-0.4, -0.2) is 28.0 Å². The molecule has 0 saturated carbocycles. The highest BCUT2D eigenvalue weighted by atomic mass is 32.1. The molecule has 0 fully saturated rings. The second-order valence-electron chi connectivity index (χ2n) is 5.21. The van der Waals surface area contributed by atoms with Crippen LogP contribution in [0.1, 0.15) is 27.9 Å². The number of carbonyl (C=O) groups excluding carboxylic acids is 2. The Bertz CT molecular complexity index is 938. The van der Waals surface area contributed by atoms with Crippen LogP contribution in [-0.2, 0) is 16.6 Å². The molecule has 1 amide bonds. The van der Waals surface area contributed by atoms with Crippen LogP contribution in [0.4, 0.5) is 5.69 Å². The molecule has 0 unspecified atom stereocenters. The molecule has 0 spiro atoms. The highest BCUT2D eigenvalue weighted by molar-refractivity contribution is 7.11. The normalized spacial score (nSPS) is 11.7. The molecule has 0 aliphatic carbocycles. The Morgan fingerprint density at radius 3 is 2.58 bits per heavy atom. The zero-order chi connectivity index (χ0) is 19.3. The third-order valence-electron chi connectivity index (χ3n) is 3.50. The summed E-state index contributed by atoms with van der Waals surface area (Å²) in [5, 5.41) is 10.6. The van der Waals surface area contributed by atoms with E-state index in [2.05, 4.69) is 4.99 Å². The number of ether oxygens (including phenoxy) is 1. The fourth-order valence-corrected chi connectivity index (χ4v) is 3.04. The topological polar surface area (TPSA) is 104 Å². The first-order valence-electron chi connectivity index (χ1n) is 7.68. The predicted octanol–water partition coefficient (Wildman–Crippen LogP) is 2.62. The van der Waals surface area contributed by atoms with E-state index < -0.39 is 16.8 Å². The van der Waals surface area contributed by atoms with Gasteiger partial charge < -0.3 is 9.30 Å². The lowest BCUT2D eigenvalue weighted by Crippen LogP contribution is -2.13. The van der Waals surface area contributed by atoms with Gasteiger partial charge in [0, 0.05) is 31.0 Å². The van der Waals surface area contributed by atoms with Crippen LogP contribution < -0.4 is 4.80 Å². The molecule has 0 N–H and O–H groups in total. The van der Waals surface area contributed by atoms with Crippen LogP contribution in [0, 0.1) is 17.0 Å². The van der Waals surface area contributed by atoms with Gasteiger partial charge in [0.25, 0.3) is 11.6 Å². The molecule has 1 aromatic heterocycles. The molecule has 2 rings (SSSR count). The zero-order valence-corrected chi connectivity index (χ0v) is 15.3. The molecule has 0 radical (unpaired) electrons. The van der Waals surface area contributed by atoms with Crippen molar-refractivity contribution in [1.82, 2.24) is 4.57 Å². The number of hydrogen-bond donors (Lipinski definition) is 0. The quantitative estimate of drug-likeness (QED) is 0.346. The molecule has 0 aliphatic rings. The number of nitro benzene ring substituents is 1. The van der Waals surface area contributed by atoms with Crippen molar-refractivity contribution in [1.29, 1.82) is 0 Å². The van der Waals surface area contributed by atoms with Gasteiger partial charge in [-0.2, -0.15) is 4.99 Å². The summed E-state index contributed by atoms with van der Waals surface area (Å²) >= 11 is 1.08. The molecule has 1 heterocycles. The summed E-state index contributed by atoms with van der Waals surface area (Å²) in [4.78, 5) is 38.8. The highest BCUT2D eigenvalue weighted by Crippen LogP contribution is 2.14. The molecule has 8 nitrogen and oxygen atoms in total. The summed E-state index contributed by atoms with van der Waals surface area (Å²) in [6, 6.07) is 5.79. The molecule has 9 heteroatoms. The van der Waals surface area contributed by atoms with Crippen LogP contribution in [0.2, 0.25) is 0 Å². The van der Waals surface area contributed by atoms with Crippen LogP contribution in [0.3, 0.4) is 0 Å². The molecule has 2 aromatic rings. The van der Waals surface area contributed by atoms with E-state index in [0.29, 0.717) is 20.9 Å². The number of nitro groups is 1. The molecule has 0 atom stereocenters. The molecule has 136 valence electrons. The van der Waals surface area contributed by atoms with E-state index in [1.165, 1.54) is 36.4 Å². The summed E-state index contributed by atoms with van der Waals surface area (Å²) in [5.74, 6) is -0.948. The van der Waals surface area contributed by atoms with E-state index in [1.54, 1.807) is 25.5 Å². The number of amides is 1. The van der Waals surface area contributed by atoms with E-state index in [0.717, 1.165) is 11.3 Å². The molecule has 0 saturated heterocycles. The second kappa shape index (κ2) is 8.34. The third-order valence-corrected chi connectivity index (χ3v) is 4.71. The van der Waals surface area contributed by atoms with Crippen molar-refractivity contribution in [2.24, 2.45) is 12.0 Å². The number of hydrogen-bond acceptors (Lipinski definition) is 6. The van der Waals surface area contributed by atoms with Gasteiger partial charge in [-0.25, -0.2) is 4.79 Å². The lowest BCUT2D eigenvalue weighted by Gasteiger charge is -2.00. The molecule has 26 heavy (non-hydrogen) atoms. The Hall–Kier alpha value is -3.07. The fraction of sp³-hybridized carbons (Fsp3) is 0.235. The van der Waals surface area contributed by atoms with Crippen LogP contribution in [0.5, 0.6) is 0 Å². The second-order valence-corrected chi connectivity index (χ2v) is 6.19. The minimum absolute atomic E-state index is 0.0225. The molecular weight excluding hydrogens is 358 g/mol. The average molecular weight is 375 g/mol. The lowest BCUT2D eigenvalue weighted by molar-refractivity contribution is -0.384. The fourth-order valence-electron chi connectivity index (χ4n) is 2.02. The first-order valence-corrected chi connectivity index (χ1v) is 8.50. The minimum atomic E-state index is -0.504. The molecule has 1 aromatic carbocycles. The summed E-state index contributed by atoms with van der Waals surface area (Å²) in [6.45, 7) is 3.74. The van der Waals surface area contributed by atoms with Gasteiger partial charge in [0.2, 0.25) is 0 Å². The van der Waals surface area contributed by atoms with E-state index in [9.17, 15) is 19.7 Å². The van der Waals surface area contributed by atoms with Crippen molar-refractivity contribution in [2.45, 2.75) is 13.8 Å². The Kier molecular flexibility index (Phi) is 6.18. The number of aromatic nitrogens is 1. The van der Waals surface area contributed by atoms with E-state index >= 15 is 0 Å². The average Bonchev–Trinajstić information content (AvgIpc) is 2.89. The predicted molar refractivity (Wildman–Crippen MR) is 96.7 cm³/mol. The van der Waals surface area contributed by atoms with Crippen LogP contribution >= 0.6 is 11.3 Å². The Balaban J connectivity index is 2.21. The monoisotopic (exact) mass is 375 g/mol. The van der Waals surface area contributed by atoms with Gasteiger partial charge in [-0.1, -0.05) is 11.3 Å². The van der Waals surface area contributed by atoms with E-state index in [-0.39, 0.29) is 12.3 Å². The first kappa shape index (κ1) is 19.3. The van der Waals surface area contributed by atoms with Crippen LogP contribution in [0.15, 0.2) is 35.3 Å². The minimum Gasteiger partial charge on any atom is -0.462 e. The van der Waals surface area contributed by atoms with Gasteiger partial charge in [-0.05, 0) is 37.6 Å². The highest BCUT2D eigenvalue weighted by Gasteiger charge is 2.16. The van der Waals surface area contributed by atoms with Gasteiger partial charge in [-0.3, -0.25) is 14.9 Å². The standard InChI is InChI=1S/C17H17N3O5S/c1-4-25-16(22)15-11(2)19(3)17(26-15)18-14(21)10-7-12-5-8-13(9-6-12)20(23)24/h5-10H,4H2,1-3H3/b10-7+,18-17?. The zero-order valence-electron chi connectivity index (χ0n) is 14.5. The molecule has 0 bridgehead atoms. The maximum absolute atomic E-state index is 12.0. The van der Waals surface area contributed by atoms with E-state index in [1.807, 2.05) is 0 Å². The first-order chi connectivity index (χ1) is 12.3. The maximum Gasteiger partial charge on any atom is 0.350 e. The van der Waals surface area contributed by atoms with Crippen LogP contribution in [0.25, 0.3) is 6.08 Å². The number of rotatable bonds is 5. The summed E-state index contributed by atoms with van der Waals surface area (Å²) in [6.07, 6.45) is 2.78. The Labute approximate surface area is 153 Å².